The molecule has 1 aliphatic heterocycles. The summed E-state index contributed by atoms with van der Waals surface area (Å²) in [6.07, 6.45) is 6.24. The lowest BCUT2D eigenvalue weighted by atomic mass is 9.78. The van der Waals surface area contributed by atoms with Crippen LogP contribution in [0.15, 0.2) is 0 Å². The molecule has 1 aliphatic carbocycles. The van der Waals surface area contributed by atoms with Crippen molar-refractivity contribution in [3.63, 3.8) is 0 Å². The Morgan fingerprint density at radius 3 is 2.30 bits per heavy atom. The third-order valence-electron chi connectivity index (χ3n) is 5.09. The van der Waals surface area contributed by atoms with Gasteiger partial charge in [0.25, 0.3) is 0 Å². The molecule has 0 spiro atoms. The molecule has 4 heteroatoms. The van der Waals surface area contributed by atoms with Crippen molar-refractivity contribution in [2.45, 2.75) is 58.0 Å². The maximum Gasteiger partial charge on any atom is 0.248 e. The lowest BCUT2D eigenvalue weighted by molar-refractivity contribution is -0.136. The minimum absolute atomic E-state index is 0.130. The SMILES string of the molecule is COCC(=O)N1CCC(NC2C(C)CCCC2C)CC1. The molecule has 1 saturated carbocycles. The van der Waals surface area contributed by atoms with Gasteiger partial charge in [-0.15, -0.1) is 0 Å². The largest absolute Gasteiger partial charge is 0.375 e. The number of carbonyl (C=O) groups excluding carboxylic acids is 1. The molecule has 2 aliphatic rings. The van der Waals surface area contributed by atoms with Gasteiger partial charge in [0.15, 0.2) is 0 Å². The molecule has 0 bridgehead atoms. The van der Waals surface area contributed by atoms with E-state index < -0.39 is 0 Å². The number of rotatable bonds is 4. The highest BCUT2D eigenvalue weighted by atomic mass is 16.5. The first kappa shape index (κ1) is 15.8. The number of nitrogens with zero attached hydrogens (tertiary/aromatic N) is 1. The van der Waals surface area contributed by atoms with Gasteiger partial charge in [-0.3, -0.25) is 4.79 Å². The molecular weight excluding hydrogens is 252 g/mol. The molecule has 0 aromatic carbocycles. The second kappa shape index (κ2) is 7.41. The van der Waals surface area contributed by atoms with Gasteiger partial charge < -0.3 is 15.0 Å². The van der Waals surface area contributed by atoms with E-state index >= 15 is 0 Å². The van der Waals surface area contributed by atoms with Crippen LogP contribution in [-0.2, 0) is 9.53 Å². The Morgan fingerprint density at radius 2 is 1.75 bits per heavy atom. The maximum atomic E-state index is 11.8. The van der Waals surface area contributed by atoms with E-state index in [0.29, 0.717) is 12.1 Å². The minimum atomic E-state index is 0.130. The Labute approximate surface area is 123 Å². The molecule has 2 rings (SSSR count). The van der Waals surface area contributed by atoms with E-state index in [9.17, 15) is 4.79 Å². The lowest BCUT2D eigenvalue weighted by Gasteiger charge is -2.40. The number of ether oxygens (including phenoxy) is 1. The van der Waals surface area contributed by atoms with Crippen LogP contribution in [0, 0.1) is 11.8 Å². The standard InChI is InChI=1S/C16H30N2O2/c1-12-5-4-6-13(2)16(12)17-14-7-9-18(10-8-14)15(19)11-20-3/h12-14,16-17H,4-11H2,1-3H3. The quantitative estimate of drug-likeness (QED) is 0.858. The summed E-state index contributed by atoms with van der Waals surface area (Å²) >= 11 is 0. The molecule has 1 heterocycles. The molecule has 0 aromatic heterocycles. The van der Waals surface area contributed by atoms with E-state index in [4.69, 9.17) is 4.74 Å². The Morgan fingerprint density at radius 1 is 1.15 bits per heavy atom. The van der Waals surface area contributed by atoms with Gasteiger partial charge >= 0.3 is 0 Å². The summed E-state index contributed by atoms with van der Waals surface area (Å²) in [6, 6.07) is 1.24. The number of amides is 1. The van der Waals surface area contributed by atoms with Gasteiger partial charge in [0.05, 0.1) is 0 Å². The summed E-state index contributed by atoms with van der Waals surface area (Å²) in [5, 5.41) is 3.88. The van der Waals surface area contributed by atoms with Crippen molar-refractivity contribution >= 4 is 5.91 Å². The summed E-state index contributed by atoms with van der Waals surface area (Å²) in [7, 11) is 1.58. The third-order valence-corrected chi connectivity index (χ3v) is 5.09. The molecule has 20 heavy (non-hydrogen) atoms. The van der Waals surface area contributed by atoms with Crippen LogP contribution < -0.4 is 5.32 Å². The fourth-order valence-corrected chi connectivity index (χ4v) is 3.79. The number of methoxy groups -OCH3 is 1. The zero-order chi connectivity index (χ0) is 14.5. The molecule has 1 N–H and O–H groups in total. The number of carbonyl (C=O) groups is 1. The van der Waals surface area contributed by atoms with Gasteiger partial charge in [0.1, 0.15) is 6.61 Å². The zero-order valence-electron chi connectivity index (χ0n) is 13.2. The highest BCUT2D eigenvalue weighted by molar-refractivity contribution is 5.77. The number of nitrogens with one attached hydrogen (secondary N) is 1. The van der Waals surface area contributed by atoms with Crippen molar-refractivity contribution in [2.75, 3.05) is 26.8 Å². The second-order valence-electron chi connectivity index (χ2n) is 6.67. The lowest BCUT2D eigenvalue weighted by Crippen LogP contribution is -2.52. The molecule has 2 fully saturated rings. The maximum absolute atomic E-state index is 11.8. The number of hydrogen-bond donors (Lipinski definition) is 1. The summed E-state index contributed by atoms with van der Waals surface area (Å²) in [5.41, 5.74) is 0. The zero-order valence-corrected chi connectivity index (χ0v) is 13.2. The highest BCUT2D eigenvalue weighted by Crippen LogP contribution is 2.29. The van der Waals surface area contributed by atoms with Gasteiger partial charge in [-0.1, -0.05) is 20.3 Å². The molecule has 4 nitrogen and oxygen atoms in total. The van der Waals surface area contributed by atoms with E-state index in [0.717, 1.165) is 37.8 Å². The summed E-state index contributed by atoms with van der Waals surface area (Å²) in [6.45, 7) is 6.72. The smallest absolute Gasteiger partial charge is 0.248 e. The second-order valence-corrected chi connectivity index (χ2v) is 6.67. The van der Waals surface area contributed by atoms with Crippen LogP contribution in [0.25, 0.3) is 0 Å². The van der Waals surface area contributed by atoms with Crippen molar-refractivity contribution in [3.05, 3.63) is 0 Å². The Hall–Kier alpha value is -0.610. The van der Waals surface area contributed by atoms with Crippen molar-refractivity contribution in [1.82, 2.24) is 10.2 Å². The normalized spacial score (nSPS) is 32.4. The molecule has 2 unspecified atom stereocenters. The predicted octanol–water partition coefficient (Wildman–Crippen LogP) is 2.04. The van der Waals surface area contributed by atoms with Crippen LogP contribution in [0.4, 0.5) is 0 Å². The number of likely N-dealkylation sites (tertiary alicyclic amines) is 1. The van der Waals surface area contributed by atoms with E-state index in [1.807, 2.05) is 4.90 Å². The van der Waals surface area contributed by atoms with Gasteiger partial charge in [-0.2, -0.15) is 0 Å². The number of piperidine rings is 1. The van der Waals surface area contributed by atoms with Crippen LogP contribution in [0.3, 0.4) is 0 Å². The van der Waals surface area contributed by atoms with E-state index in [1.165, 1.54) is 19.3 Å². The van der Waals surface area contributed by atoms with Gasteiger partial charge in [0, 0.05) is 32.3 Å². The van der Waals surface area contributed by atoms with E-state index in [1.54, 1.807) is 7.11 Å². The monoisotopic (exact) mass is 282 g/mol. The summed E-state index contributed by atoms with van der Waals surface area (Å²) in [4.78, 5) is 13.7. The Kier molecular flexibility index (Phi) is 5.85. The molecule has 0 aromatic rings. The summed E-state index contributed by atoms with van der Waals surface area (Å²) < 4.78 is 4.93. The van der Waals surface area contributed by atoms with Crippen molar-refractivity contribution in [3.8, 4) is 0 Å². The van der Waals surface area contributed by atoms with Gasteiger partial charge in [0.2, 0.25) is 5.91 Å². The first-order valence-electron chi connectivity index (χ1n) is 8.14. The van der Waals surface area contributed by atoms with Crippen LogP contribution >= 0.6 is 0 Å². The highest BCUT2D eigenvalue weighted by Gasteiger charge is 2.31. The fraction of sp³-hybridized carbons (Fsp3) is 0.938. The Balaban J connectivity index is 1.77. The van der Waals surface area contributed by atoms with Gasteiger partial charge in [-0.25, -0.2) is 0 Å². The molecule has 116 valence electrons. The minimum Gasteiger partial charge on any atom is -0.375 e. The van der Waals surface area contributed by atoms with Gasteiger partial charge in [-0.05, 0) is 37.5 Å². The Bertz CT molecular complexity index is 304. The van der Waals surface area contributed by atoms with Crippen LogP contribution in [0.2, 0.25) is 0 Å². The molecular formula is C16H30N2O2. The predicted molar refractivity (Wildman–Crippen MR) is 80.6 cm³/mol. The van der Waals surface area contributed by atoms with Crippen molar-refractivity contribution in [2.24, 2.45) is 11.8 Å². The first-order chi connectivity index (χ1) is 9.61. The van der Waals surface area contributed by atoms with Crippen LogP contribution in [0.5, 0.6) is 0 Å². The van der Waals surface area contributed by atoms with Crippen molar-refractivity contribution < 1.29 is 9.53 Å². The molecule has 1 amide bonds. The van der Waals surface area contributed by atoms with E-state index in [2.05, 4.69) is 19.2 Å². The number of hydrogen-bond acceptors (Lipinski definition) is 3. The van der Waals surface area contributed by atoms with Crippen molar-refractivity contribution in [1.29, 1.82) is 0 Å². The first-order valence-corrected chi connectivity index (χ1v) is 8.14. The average Bonchev–Trinajstić information content (AvgIpc) is 2.44. The summed E-state index contributed by atoms with van der Waals surface area (Å²) in [5.74, 6) is 1.70. The fourth-order valence-electron chi connectivity index (χ4n) is 3.79. The average molecular weight is 282 g/mol. The van der Waals surface area contributed by atoms with E-state index in [-0.39, 0.29) is 12.5 Å². The van der Waals surface area contributed by atoms with Crippen LogP contribution in [-0.4, -0.2) is 49.7 Å². The molecule has 2 atom stereocenters. The third kappa shape index (κ3) is 3.95. The van der Waals surface area contributed by atoms with Crippen LogP contribution in [0.1, 0.15) is 46.0 Å². The topological polar surface area (TPSA) is 41.6 Å². The molecule has 0 radical (unpaired) electrons. The molecule has 1 saturated heterocycles.